The molecule has 2 aliphatic rings. The first-order valence-electron chi connectivity index (χ1n) is 10.5. The van der Waals surface area contributed by atoms with Crippen LogP contribution in [0, 0.1) is 11.6 Å². The first kappa shape index (κ1) is 23.0. The number of ether oxygens (including phenoxy) is 3. The van der Waals surface area contributed by atoms with E-state index in [2.05, 4.69) is 9.97 Å². The summed E-state index contributed by atoms with van der Waals surface area (Å²) in [5, 5.41) is 0. The van der Waals surface area contributed by atoms with Crippen molar-refractivity contribution < 1.29 is 36.2 Å². The summed E-state index contributed by atoms with van der Waals surface area (Å²) in [7, 11) is 0. The zero-order valence-corrected chi connectivity index (χ0v) is 17.9. The molecule has 0 saturated carbocycles. The summed E-state index contributed by atoms with van der Waals surface area (Å²) in [5.74, 6) is -3.05. The van der Waals surface area contributed by atoms with E-state index in [0.717, 1.165) is 30.8 Å². The van der Waals surface area contributed by atoms with E-state index in [9.17, 15) is 26.7 Å². The number of hydrogen-bond donors (Lipinski definition) is 0. The van der Waals surface area contributed by atoms with E-state index in [1.165, 1.54) is 4.57 Å². The summed E-state index contributed by atoms with van der Waals surface area (Å²) in [6.07, 6.45) is -3.16. The molecule has 0 aliphatic carbocycles. The van der Waals surface area contributed by atoms with Gasteiger partial charge >= 0.3 is 11.9 Å². The lowest BCUT2D eigenvalue weighted by Gasteiger charge is -2.30. The van der Waals surface area contributed by atoms with Gasteiger partial charge in [0.25, 0.3) is 0 Å². The minimum atomic E-state index is -4.74. The Bertz CT molecular complexity index is 1310. The standard InChI is InChI=1S/C22H17F5N4O4/c23-15-5-12(6-16(24)20(15)35-14-1-3-28-17(7-14)22(25,26)27)10-34-18-8-19-30(21(32)29-18)9-13-2-4-33-11-31(13)19/h1,3,5-8,13H,2,4,9-11H2/t13-/m0/s1. The highest BCUT2D eigenvalue weighted by molar-refractivity contribution is 5.47. The minimum absolute atomic E-state index is 0.0231. The maximum atomic E-state index is 14.5. The molecule has 0 amide bonds. The highest BCUT2D eigenvalue weighted by atomic mass is 19.4. The summed E-state index contributed by atoms with van der Waals surface area (Å²) in [6, 6.07) is 5.09. The van der Waals surface area contributed by atoms with Crippen LogP contribution in [0.2, 0.25) is 0 Å². The van der Waals surface area contributed by atoms with Crippen LogP contribution in [-0.4, -0.2) is 33.9 Å². The SMILES string of the molecule is O=c1nc(OCc2cc(F)c(Oc3ccnc(C(F)(F)F)c3)c(F)c2)cc2n1C[C@@H]1CCOCN21. The number of halogens is 5. The second kappa shape index (κ2) is 8.80. The Morgan fingerprint density at radius 1 is 1.14 bits per heavy atom. The topological polar surface area (TPSA) is 78.7 Å². The van der Waals surface area contributed by atoms with Gasteiger partial charge in [-0.25, -0.2) is 13.6 Å². The van der Waals surface area contributed by atoms with E-state index in [-0.39, 0.29) is 24.1 Å². The first-order chi connectivity index (χ1) is 16.7. The van der Waals surface area contributed by atoms with Crippen LogP contribution in [0.1, 0.15) is 17.7 Å². The summed E-state index contributed by atoms with van der Waals surface area (Å²) in [4.78, 5) is 21.4. The van der Waals surface area contributed by atoms with Crippen LogP contribution in [0.25, 0.3) is 0 Å². The molecule has 5 rings (SSSR count). The van der Waals surface area contributed by atoms with E-state index >= 15 is 0 Å². The molecule has 35 heavy (non-hydrogen) atoms. The summed E-state index contributed by atoms with van der Waals surface area (Å²) < 4.78 is 85.0. The summed E-state index contributed by atoms with van der Waals surface area (Å²) in [5.41, 5.74) is -1.72. The fourth-order valence-corrected chi connectivity index (χ4v) is 3.95. The number of aromatic nitrogens is 3. The largest absolute Gasteiger partial charge is 0.473 e. The Balaban J connectivity index is 1.31. The van der Waals surface area contributed by atoms with Gasteiger partial charge in [-0.3, -0.25) is 9.55 Å². The lowest BCUT2D eigenvalue weighted by molar-refractivity contribution is -0.141. The summed E-state index contributed by atoms with van der Waals surface area (Å²) in [6.45, 7) is 1.09. The van der Waals surface area contributed by atoms with Crippen LogP contribution in [0.4, 0.5) is 27.8 Å². The molecular weight excluding hydrogens is 479 g/mol. The second-order valence-corrected chi connectivity index (χ2v) is 7.95. The molecule has 1 fully saturated rings. The molecule has 3 aromatic rings. The molecule has 0 spiro atoms. The average molecular weight is 496 g/mol. The average Bonchev–Trinajstić information content (AvgIpc) is 3.19. The van der Waals surface area contributed by atoms with Crippen molar-refractivity contribution in [2.45, 2.75) is 31.8 Å². The first-order valence-corrected chi connectivity index (χ1v) is 10.5. The molecule has 0 bridgehead atoms. The van der Waals surface area contributed by atoms with Gasteiger partial charge in [-0.2, -0.15) is 18.2 Å². The number of anilines is 1. The Kier molecular flexibility index (Phi) is 5.79. The molecule has 8 nitrogen and oxygen atoms in total. The van der Waals surface area contributed by atoms with Crippen molar-refractivity contribution in [2.75, 3.05) is 18.2 Å². The van der Waals surface area contributed by atoms with Crippen molar-refractivity contribution in [3.05, 3.63) is 69.9 Å². The van der Waals surface area contributed by atoms with Gasteiger partial charge in [-0.15, -0.1) is 0 Å². The highest BCUT2D eigenvalue weighted by Crippen LogP contribution is 2.34. The zero-order valence-electron chi connectivity index (χ0n) is 17.9. The normalized spacial score (nSPS) is 17.2. The molecule has 1 atom stereocenters. The number of benzene rings is 1. The maximum Gasteiger partial charge on any atom is 0.433 e. The lowest BCUT2D eigenvalue weighted by atomic mass is 10.2. The molecule has 2 aromatic heterocycles. The third-order valence-electron chi connectivity index (χ3n) is 5.61. The molecule has 4 heterocycles. The Morgan fingerprint density at radius 2 is 1.91 bits per heavy atom. The smallest absolute Gasteiger partial charge is 0.433 e. The highest BCUT2D eigenvalue weighted by Gasteiger charge is 2.34. The van der Waals surface area contributed by atoms with Crippen molar-refractivity contribution in [3.63, 3.8) is 0 Å². The van der Waals surface area contributed by atoms with Crippen LogP contribution >= 0.6 is 0 Å². The van der Waals surface area contributed by atoms with Crippen molar-refractivity contribution in [1.29, 1.82) is 0 Å². The number of alkyl halides is 3. The molecule has 0 radical (unpaired) electrons. The van der Waals surface area contributed by atoms with Crippen LogP contribution < -0.4 is 20.1 Å². The molecule has 0 unspecified atom stereocenters. The molecule has 0 N–H and O–H groups in total. The van der Waals surface area contributed by atoms with E-state index in [1.807, 2.05) is 4.90 Å². The molecule has 1 aromatic carbocycles. The van der Waals surface area contributed by atoms with Gasteiger partial charge in [0.1, 0.15) is 30.6 Å². The Hall–Kier alpha value is -3.74. The Labute approximate surface area is 194 Å². The Morgan fingerprint density at radius 3 is 2.66 bits per heavy atom. The fraction of sp³-hybridized carbons (Fsp3) is 0.318. The van der Waals surface area contributed by atoms with Crippen LogP contribution in [0.5, 0.6) is 17.4 Å². The monoisotopic (exact) mass is 496 g/mol. The predicted octanol–water partition coefficient (Wildman–Crippen LogP) is 3.87. The third kappa shape index (κ3) is 4.63. The zero-order chi connectivity index (χ0) is 24.7. The van der Waals surface area contributed by atoms with E-state index in [0.29, 0.717) is 31.8 Å². The van der Waals surface area contributed by atoms with Crippen LogP contribution in [0.3, 0.4) is 0 Å². The summed E-state index contributed by atoms with van der Waals surface area (Å²) >= 11 is 0. The maximum absolute atomic E-state index is 14.5. The predicted molar refractivity (Wildman–Crippen MR) is 110 cm³/mol. The quantitative estimate of drug-likeness (QED) is 0.497. The number of fused-ring (bicyclic) bond motifs is 3. The number of nitrogens with zero attached hydrogens (tertiary/aromatic N) is 4. The van der Waals surface area contributed by atoms with E-state index < -0.39 is 40.7 Å². The number of rotatable bonds is 5. The van der Waals surface area contributed by atoms with E-state index in [4.69, 9.17) is 14.2 Å². The van der Waals surface area contributed by atoms with Crippen LogP contribution in [-0.2, 0) is 24.1 Å². The number of pyridine rings is 1. The fourth-order valence-electron chi connectivity index (χ4n) is 3.95. The van der Waals surface area contributed by atoms with Gasteiger partial charge < -0.3 is 19.1 Å². The molecule has 184 valence electrons. The van der Waals surface area contributed by atoms with Gasteiger partial charge in [0.05, 0.1) is 12.6 Å². The molecular formula is C22H17F5N4O4. The van der Waals surface area contributed by atoms with Crippen molar-refractivity contribution in [1.82, 2.24) is 14.5 Å². The molecule has 1 saturated heterocycles. The minimum Gasteiger partial charge on any atom is -0.473 e. The van der Waals surface area contributed by atoms with Crippen LogP contribution in [0.15, 0.2) is 41.3 Å². The van der Waals surface area contributed by atoms with Crippen molar-refractivity contribution in [3.8, 4) is 17.4 Å². The third-order valence-corrected chi connectivity index (χ3v) is 5.61. The van der Waals surface area contributed by atoms with Crippen molar-refractivity contribution in [2.24, 2.45) is 0 Å². The lowest BCUT2D eigenvalue weighted by Crippen LogP contribution is -2.39. The van der Waals surface area contributed by atoms with Crippen molar-refractivity contribution >= 4 is 5.82 Å². The van der Waals surface area contributed by atoms with Gasteiger partial charge in [-0.05, 0) is 30.2 Å². The number of hydrogen-bond acceptors (Lipinski definition) is 7. The van der Waals surface area contributed by atoms with E-state index in [1.54, 1.807) is 6.07 Å². The molecule has 2 aliphatic heterocycles. The van der Waals surface area contributed by atoms with Gasteiger partial charge in [0.2, 0.25) is 5.88 Å². The van der Waals surface area contributed by atoms with Gasteiger partial charge in [0, 0.05) is 24.9 Å². The molecule has 13 heteroatoms. The van der Waals surface area contributed by atoms with Gasteiger partial charge in [-0.1, -0.05) is 0 Å². The van der Waals surface area contributed by atoms with Gasteiger partial charge in [0.15, 0.2) is 17.4 Å². The second-order valence-electron chi connectivity index (χ2n) is 7.95.